The maximum absolute atomic E-state index is 8.84. The van der Waals surface area contributed by atoms with Gasteiger partial charge in [-0.3, -0.25) is 0 Å². The van der Waals surface area contributed by atoms with Gasteiger partial charge in [-0.15, -0.1) is 0 Å². The molecule has 1 heterocycles. The van der Waals surface area contributed by atoms with Crippen LogP contribution < -0.4 is 26.6 Å². The molecule has 1 fully saturated rings. The first-order valence-electron chi connectivity index (χ1n) is 9.79. The van der Waals surface area contributed by atoms with Crippen molar-refractivity contribution in [1.82, 2.24) is 0 Å². The molecule has 0 bridgehead atoms. The lowest BCUT2D eigenvalue weighted by Crippen LogP contribution is -2.17. The fourth-order valence-electron chi connectivity index (χ4n) is 3.28. The number of benzene rings is 3. The summed E-state index contributed by atoms with van der Waals surface area (Å²) in [5.41, 5.74) is 18.5. The minimum Gasteiger partial charge on any atom is -0.372 e. The molecule has 0 radical (unpaired) electrons. The van der Waals surface area contributed by atoms with Gasteiger partial charge < -0.3 is 26.6 Å². The quantitative estimate of drug-likeness (QED) is 0.428. The Balaban J connectivity index is 1.26. The normalized spacial score (nSPS) is 12.9. The average molecular weight is 384 g/mol. The first kappa shape index (κ1) is 18.5. The van der Waals surface area contributed by atoms with Crippen molar-refractivity contribution in [2.45, 2.75) is 12.8 Å². The summed E-state index contributed by atoms with van der Waals surface area (Å²) in [7, 11) is 0. The van der Waals surface area contributed by atoms with Gasteiger partial charge in [0.05, 0.1) is 34.4 Å². The van der Waals surface area contributed by atoms with Crippen molar-refractivity contribution in [1.29, 1.82) is 5.26 Å². The monoisotopic (exact) mass is 384 g/mol. The zero-order chi connectivity index (χ0) is 19.9. The molecule has 0 spiro atoms. The van der Waals surface area contributed by atoms with E-state index in [9.17, 15) is 0 Å². The van der Waals surface area contributed by atoms with E-state index in [1.54, 1.807) is 12.1 Å². The Morgan fingerprint density at radius 2 is 0.966 bits per heavy atom. The molecule has 3 aromatic rings. The van der Waals surface area contributed by atoms with E-state index in [2.05, 4.69) is 56.9 Å². The van der Waals surface area contributed by atoms with Gasteiger partial charge in [-0.05, 0) is 85.6 Å². The van der Waals surface area contributed by atoms with E-state index in [0.29, 0.717) is 5.56 Å². The zero-order valence-corrected chi connectivity index (χ0v) is 16.2. The molecular weight excluding hydrogens is 360 g/mol. The minimum absolute atomic E-state index is 0.643. The van der Waals surface area contributed by atoms with Crippen molar-refractivity contribution in [2.75, 3.05) is 39.7 Å². The molecule has 1 aliphatic rings. The van der Waals surface area contributed by atoms with Gasteiger partial charge in [0.25, 0.3) is 0 Å². The van der Waals surface area contributed by atoms with Crippen LogP contribution in [0.15, 0.2) is 72.8 Å². The SMILES string of the molecule is N#Cc1ccc(NNc2ccc(NNc3ccc(N4CCCC4)cc3)cc2)cc1. The van der Waals surface area contributed by atoms with Gasteiger partial charge in [-0.1, -0.05) is 0 Å². The van der Waals surface area contributed by atoms with Gasteiger partial charge in [-0.2, -0.15) is 5.26 Å². The number of hydrazine groups is 2. The van der Waals surface area contributed by atoms with Gasteiger partial charge in [0, 0.05) is 18.8 Å². The molecule has 0 atom stereocenters. The summed E-state index contributed by atoms with van der Waals surface area (Å²) in [6.07, 6.45) is 2.57. The van der Waals surface area contributed by atoms with Crippen LogP contribution in [0.25, 0.3) is 0 Å². The summed E-state index contributed by atoms with van der Waals surface area (Å²) in [5.74, 6) is 0. The largest absolute Gasteiger partial charge is 0.372 e. The third-order valence-corrected chi connectivity index (χ3v) is 4.94. The summed E-state index contributed by atoms with van der Waals surface area (Å²) in [6, 6.07) is 25.9. The summed E-state index contributed by atoms with van der Waals surface area (Å²) < 4.78 is 0. The first-order valence-corrected chi connectivity index (χ1v) is 9.79. The number of hydrogen-bond acceptors (Lipinski definition) is 6. The topological polar surface area (TPSA) is 75.1 Å². The maximum atomic E-state index is 8.84. The third-order valence-electron chi connectivity index (χ3n) is 4.94. The lowest BCUT2D eigenvalue weighted by Gasteiger charge is -2.18. The van der Waals surface area contributed by atoms with Gasteiger partial charge >= 0.3 is 0 Å². The second-order valence-corrected chi connectivity index (χ2v) is 7.01. The fraction of sp³-hybridized carbons (Fsp3) is 0.174. The Hall–Kier alpha value is -3.85. The van der Waals surface area contributed by atoms with Crippen molar-refractivity contribution >= 4 is 28.4 Å². The predicted octanol–water partition coefficient (Wildman–Crippen LogP) is 5.04. The van der Waals surface area contributed by atoms with Crippen molar-refractivity contribution in [3.8, 4) is 6.07 Å². The summed E-state index contributed by atoms with van der Waals surface area (Å²) in [6.45, 7) is 2.32. The van der Waals surface area contributed by atoms with Crippen LogP contribution in [-0.2, 0) is 0 Å². The molecule has 0 amide bonds. The Morgan fingerprint density at radius 1 is 0.586 bits per heavy atom. The zero-order valence-electron chi connectivity index (χ0n) is 16.2. The number of nitrogens with one attached hydrogen (secondary N) is 4. The van der Waals surface area contributed by atoms with Gasteiger partial charge in [0.15, 0.2) is 0 Å². The number of nitriles is 1. The predicted molar refractivity (Wildman–Crippen MR) is 120 cm³/mol. The van der Waals surface area contributed by atoms with Crippen LogP contribution in [0.3, 0.4) is 0 Å². The fourth-order valence-corrected chi connectivity index (χ4v) is 3.28. The van der Waals surface area contributed by atoms with E-state index in [-0.39, 0.29) is 0 Å². The molecule has 0 aromatic heterocycles. The van der Waals surface area contributed by atoms with Crippen LogP contribution in [0.1, 0.15) is 18.4 Å². The number of hydrogen-bond donors (Lipinski definition) is 4. The Morgan fingerprint density at radius 3 is 1.38 bits per heavy atom. The highest BCUT2D eigenvalue weighted by Gasteiger charge is 2.11. The van der Waals surface area contributed by atoms with E-state index in [0.717, 1.165) is 35.8 Å². The molecule has 0 aliphatic carbocycles. The van der Waals surface area contributed by atoms with Crippen molar-refractivity contribution in [2.24, 2.45) is 0 Å². The molecule has 146 valence electrons. The second kappa shape index (κ2) is 8.89. The van der Waals surface area contributed by atoms with Crippen molar-refractivity contribution in [3.05, 3.63) is 78.4 Å². The van der Waals surface area contributed by atoms with E-state index < -0.39 is 0 Å². The summed E-state index contributed by atoms with van der Waals surface area (Å²) in [5, 5.41) is 8.84. The molecule has 4 rings (SSSR count). The maximum Gasteiger partial charge on any atom is 0.0991 e. The third kappa shape index (κ3) is 4.90. The van der Waals surface area contributed by atoms with Crippen LogP contribution in [-0.4, -0.2) is 13.1 Å². The lowest BCUT2D eigenvalue weighted by atomic mass is 10.2. The van der Waals surface area contributed by atoms with Crippen LogP contribution in [0.4, 0.5) is 28.4 Å². The van der Waals surface area contributed by atoms with E-state index in [1.165, 1.54) is 18.5 Å². The molecule has 6 heteroatoms. The molecule has 6 nitrogen and oxygen atoms in total. The Bertz CT molecular complexity index is 952. The van der Waals surface area contributed by atoms with Crippen LogP contribution in [0.5, 0.6) is 0 Å². The van der Waals surface area contributed by atoms with Crippen molar-refractivity contribution < 1.29 is 0 Å². The average Bonchev–Trinajstić information content (AvgIpc) is 3.33. The van der Waals surface area contributed by atoms with Gasteiger partial charge in [-0.25, -0.2) is 0 Å². The molecule has 4 N–H and O–H groups in total. The smallest absolute Gasteiger partial charge is 0.0991 e. The Labute approximate surface area is 171 Å². The molecule has 0 unspecified atom stereocenters. The van der Waals surface area contributed by atoms with E-state index in [4.69, 9.17) is 5.26 Å². The number of anilines is 5. The highest BCUT2D eigenvalue weighted by molar-refractivity contribution is 5.61. The minimum atomic E-state index is 0.643. The van der Waals surface area contributed by atoms with Gasteiger partial charge in [0.1, 0.15) is 0 Å². The molecule has 3 aromatic carbocycles. The van der Waals surface area contributed by atoms with Crippen LogP contribution >= 0.6 is 0 Å². The lowest BCUT2D eigenvalue weighted by molar-refractivity contribution is 0.949. The molecule has 1 saturated heterocycles. The van der Waals surface area contributed by atoms with Crippen molar-refractivity contribution in [3.63, 3.8) is 0 Å². The van der Waals surface area contributed by atoms with Gasteiger partial charge in [0.2, 0.25) is 0 Å². The number of nitrogens with zero attached hydrogens (tertiary/aromatic N) is 2. The first-order chi connectivity index (χ1) is 14.3. The molecule has 1 aliphatic heterocycles. The molecular formula is C23H24N6. The standard InChI is InChI=1S/C23H24N6/c24-17-18-3-5-19(6-4-18)25-26-20-7-9-21(10-8-20)27-28-22-11-13-23(14-12-22)29-15-1-2-16-29/h3-14,25-28H,1-2,15-16H2. The number of rotatable bonds is 7. The Kier molecular flexibility index (Phi) is 5.68. The van der Waals surface area contributed by atoms with Crippen LogP contribution in [0.2, 0.25) is 0 Å². The van der Waals surface area contributed by atoms with E-state index >= 15 is 0 Å². The summed E-state index contributed by atoms with van der Waals surface area (Å²) in [4.78, 5) is 2.43. The van der Waals surface area contributed by atoms with Crippen LogP contribution in [0, 0.1) is 11.3 Å². The summed E-state index contributed by atoms with van der Waals surface area (Å²) >= 11 is 0. The van der Waals surface area contributed by atoms with E-state index in [1.807, 2.05) is 36.4 Å². The highest BCUT2D eigenvalue weighted by Crippen LogP contribution is 2.22. The molecule has 0 saturated carbocycles. The second-order valence-electron chi connectivity index (χ2n) is 7.01. The highest BCUT2D eigenvalue weighted by atomic mass is 15.4. The molecule has 29 heavy (non-hydrogen) atoms.